The third-order valence-corrected chi connectivity index (χ3v) is 10.2. The number of hydrogen-bond donors (Lipinski definition) is 6. The molecule has 0 aromatic rings. The average Bonchev–Trinajstić information content (AvgIpc) is 3.09. The first kappa shape index (κ1) is 46.9. The van der Waals surface area contributed by atoms with Crippen LogP contribution in [0.25, 0.3) is 0 Å². The third-order valence-electron chi connectivity index (χ3n) is 9.20. The van der Waals surface area contributed by atoms with E-state index in [0.29, 0.717) is 12.8 Å². The van der Waals surface area contributed by atoms with Gasteiger partial charge in [0.05, 0.1) is 6.61 Å². The number of hydrogen-bond acceptors (Lipinski definition) is 12. The molecule has 296 valence electrons. The van der Waals surface area contributed by atoms with Gasteiger partial charge in [-0.2, -0.15) is 0 Å². The summed E-state index contributed by atoms with van der Waals surface area (Å²) in [4.78, 5) is 35.3. The molecular weight excluding hydrogens is 671 g/mol. The van der Waals surface area contributed by atoms with Crippen molar-refractivity contribution in [1.82, 2.24) is 0 Å². The molecule has 0 saturated heterocycles. The molecule has 8 atom stereocenters. The molecule has 0 bridgehead atoms. The zero-order chi connectivity index (χ0) is 37.2. The fraction of sp³-hybridized carbons (Fsp3) is 0.944. The second-order valence-electron chi connectivity index (χ2n) is 13.8. The van der Waals surface area contributed by atoms with Crippen molar-refractivity contribution >= 4 is 19.8 Å². The van der Waals surface area contributed by atoms with Gasteiger partial charge in [-0.25, -0.2) is 4.57 Å². The highest BCUT2D eigenvalue weighted by Gasteiger charge is 2.51. The number of aliphatic hydroxyl groups is 5. The number of phosphoric acid groups is 1. The van der Waals surface area contributed by atoms with Crippen molar-refractivity contribution < 1.29 is 63.1 Å². The van der Waals surface area contributed by atoms with Crippen LogP contribution in [-0.2, 0) is 32.7 Å². The lowest BCUT2D eigenvalue weighted by atomic mass is 9.85. The Hall–Kier alpha value is -1.15. The third kappa shape index (κ3) is 21.4. The molecule has 0 radical (unpaired) electrons. The maximum Gasteiger partial charge on any atom is 0.472 e. The lowest BCUT2D eigenvalue weighted by Crippen LogP contribution is -2.64. The number of unbranched alkanes of at least 4 members (excludes halogenated alkanes) is 19. The lowest BCUT2D eigenvalue weighted by Gasteiger charge is -2.41. The zero-order valence-electron chi connectivity index (χ0n) is 30.7. The van der Waals surface area contributed by atoms with E-state index in [1.165, 1.54) is 77.0 Å². The standard InChI is InChI=1S/C36H69O13P/c1-3-5-7-9-11-13-14-15-16-17-19-20-22-24-29(37)46-26-28(48-30(38)25-23-21-18-12-10-8-6-4-2)27-47-50(44,45)49-36-34(42)32(40)31(39)33(41)35(36)43/h28,31-36,39-43H,3-27H2,1-2H3,(H,44,45)/t28-,31?,32-,33?,34?,35?,36?/m1/s1. The maximum atomic E-state index is 12.7. The Bertz CT molecular complexity index is 906. The van der Waals surface area contributed by atoms with Crippen LogP contribution in [0.2, 0.25) is 0 Å². The summed E-state index contributed by atoms with van der Waals surface area (Å²) in [5, 5.41) is 49.8. The van der Waals surface area contributed by atoms with E-state index in [4.69, 9.17) is 18.5 Å². The van der Waals surface area contributed by atoms with E-state index >= 15 is 0 Å². The fourth-order valence-corrected chi connectivity index (χ4v) is 6.96. The minimum Gasteiger partial charge on any atom is -0.462 e. The van der Waals surface area contributed by atoms with Gasteiger partial charge in [-0.15, -0.1) is 0 Å². The van der Waals surface area contributed by atoms with Crippen LogP contribution in [0.3, 0.4) is 0 Å². The molecular formula is C36H69O13P. The van der Waals surface area contributed by atoms with Gasteiger partial charge in [0.15, 0.2) is 6.10 Å². The second-order valence-corrected chi connectivity index (χ2v) is 15.2. The molecule has 14 heteroatoms. The van der Waals surface area contributed by atoms with Crippen molar-refractivity contribution in [3.05, 3.63) is 0 Å². The molecule has 0 amide bonds. The smallest absolute Gasteiger partial charge is 0.462 e. The molecule has 1 rings (SSSR count). The highest BCUT2D eigenvalue weighted by Crippen LogP contribution is 2.47. The van der Waals surface area contributed by atoms with Crippen molar-refractivity contribution in [2.75, 3.05) is 13.2 Å². The summed E-state index contributed by atoms with van der Waals surface area (Å²) in [6.07, 6.45) is 10.6. The number of carbonyl (C=O) groups is 2. The predicted octanol–water partition coefficient (Wildman–Crippen LogP) is 5.77. The molecule has 1 aliphatic rings. The van der Waals surface area contributed by atoms with Crippen LogP contribution in [0.4, 0.5) is 0 Å². The van der Waals surface area contributed by atoms with E-state index in [-0.39, 0.29) is 12.8 Å². The summed E-state index contributed by atoms with van der Waals surface area (Å²) in [6.45, 7) is 3.22. The number of phosphoric ester groups is 1. The SMILES string of the molecule is CCCCCCCCCCCCCCCC(=O)OC[C@H](COP(=O)(O)OC1C(O)C(O)C(O)[C@@H](O)C1O)OC(=O)CCCCCCCCCC. The first-order valence-corrected chi connectivity index (χ1v) is 20.8. The van der Waals surface area contributed by atoms with Crippen LogP contribution in [0, 0.1) is 0 Å². The van der Waals surface area contributed by atoms with Crippen molar-refractivity contribution in [3.63, 3.8) is 0 Å². The van der Waals surface area contributed by atoms with Crippen LogP contribution in [0.5, 0.6) is 0 Å². The molecule has 6 N–H and O–H groups in total. The van der Waals surface area contributed by atoms with Crippen molar-refractivity contribution in [2.45, 2.75) is 204 Å². The van der Waals surface area contributed by atoms with Gasteiger partial charge in [0.1, 0.15) is 43.2 Å². The van der Waals surface area contributed by atoms with Crippen LogP contribution in [0.1, 0.15) is 162 Å². The molecule has 0 spiro atoms. The lowest BCUT2D eigenvalue weighted by molar-refractivity contribution is -0.220. The Kier molecular flexibility index (Phi) is 26.6. The highest BCUT2D eigenvalue weighted by molar-refractivity contribution is 7.47. The Balaban J connectivity index is 2.51. The van der Waals surface area contributed by atoms with Gasteiger partial charge in [-0.05, 0) is 12.8 Å². The monoisotopic (exact) mass is 740 g/mol. The molecule has 1 saturated carbocycles. The Morgan fingerprint density at radius 3 is 1.32 bits per heavy atom. The van der Waals surface area contributed by atoms with E-state index in [2.05, 4.69) is 13.8 Å². The summed E-state index contributed by atoms with van der Waals surface area (Å²) in [7, 11) is -5.09. The molecule has 1 aliphatic carbocycles. The molecule has 1 fully saturated rings. The van der Waals surface area contributed by atoms with Crippen molar-refractivity contribution in [1.29, 1.82) is 0 Å². The van der Waals surface area contributed by atoms with Gasteiger partial charge in [0.25, 0.3) is 0 Å². The highest BCUT2D eigenvalue weighted by atomic mass is 31.2. The first-order chi connectivity index (χ1) is 23.9. The molecule has 50 heavy (non-hydrogen) atoms. The molecule has 13 nitrogen and oxygen atoms in total. The van der Waals surface area contributed by atoms with Gasteiger partial charge in [0.2, 0.25) is 0 Å². The summed E-state index contributed by atoms with van der Waals surface area (Å²) in [6, 6.07) is 0. The van der Waals surface area contributed by atoms with Crippen LogP contribution in [-0.4, -0.2) is 98.3 Å². The number of esters is 2. The molecule has 0 aromatic heterocycles. The average molecular weight is 741 g/mol. The topological polar surface area (TPSA) is 210 Å². The molecule has 0 heterocycles. The molecule has 0 aromatic carbocycles. The summed E-state index contributed by atoms with van der Waals surface area (Å²) in [5.41, 5.74) is 0. The maximum absolute atomic E-state index is 12.7. The largest absolute Gasteiger partial charge is 0.472 e. The Labute approximate surface area is 300 Å². The van der Waals surface area contributed by atoms with Gasteiger partial charge in [-0.1, -0.05) is 136 Å². The van der Waals surface area contributed by atoms with E-state index < -0.39 is 75.7 Å². The van der Waals surface area contributed by atoms with E-state index in [1.807, 2.05) is 0 Å². The van der Waals surface area contributed by atoms with Crippen LogP contribution in [0.15, 0.2) is 0 Å². The first-order valence-electron chi connectivity index (χ1n) is 19.3. The number of carbonyl (C=O) groups excluding carboxylic acids is 2. The van der Waals surface area contributed by atoms with E-state index in [1.54, 1.807) is 0 Å². The quantitative estimate of drug-likeness (QED) is 0.0284. The zero-order valence-corrected chi connectivity index (χ0v) is 31.6. The minimum absolute atomic E-state index is 0.101. The molecule has 6 unspecified atom stereocenters. The summed E-state index contributed by atoms with van der Waals surface area (Å²) < 4.78 is 33.2. The summed E-state index contributed by atoms with van der Waals surface area (Å²) in [5.74, 6) is -1.10. The van der Waals surface area contributed by atoms with Gasteiger partial charge < -0.3 is 39.9 Å². The normalized spacial score (nSPS) is 24.1. The Morgan fingerprint density at radius 2 is 0.900 bits per heavy atom. The van der Waals surface area contributed by atoms with Crippen molar-refractivity contribution in [3.8, 4) is 0 Å². The van der Waals surface area contributed by atoms with E-state index in [0.717, 1.165) is 44.9 Å². The molecule has 0 aliphatic heterocycles. The van der Waals surface area contributed by atoms with E-state index in [9.17, 15) is 44.6 Å². The predicted molar refractivity (Wildman–Crippen MR) is 189 cm³/mol. The fourth-order valence-electron chi connectivity index (χ4n) is 5.99. The van der Waals surface area contributed by atoms with Crippen LogP contribution >= 0.6 is 7.82 Å². The van der Waals surface area contributed by atoms with Gasteiger partial charge in [-0.3, -0.25) is 18.6 Å². The van der Waals surface area contributed by atoms with Gasteiger partial charge in [0, 0.05) is 12.8 Å². The summed E-state index contributed by atoms with van der Waals surface area (Å²) >= 11 is 0. The number of aliphatic hydroxyl groups excluding tert-OH is 5. The van der Waals surface area contributed by atoms with Crippen LogP contribution < -0.4 is 0 Å². The van der Waals surface area contributed by atoms with Crippen molar-refractivity contribution in [2.24, 2.45) is 0 Å². The number of rotatable bonds is 31. The second kappa shape index (κ2) is 28.4. The van der Waals surface area contributed by atoms with Gasteiger partial charge >= 0.3 is 19.8 Å². The Morgan fingerprint density at radius 1 is 0.540 bits per heavy atom. The minimum atomic E-state index is -5.09. The number of ether oxygens (including phenoxy) is 2.